The van der Waals surface area contributed by atoms with Gasteiger partial charge in [0, 0.05) is 30.0 Å². The number of hydrogen-bond acceptors (Lipinski definition) is 8. The van der Waals surface area contributed by atoms with Crippen molar-refractivity contribution < 1.29 is 27.6 Å². The molecule has 1 aromatic heterocycles. The Labute approximate surface area is 203 Å². The summed E-state index contributed by atoms with van der Waals surface area (Å²) in [5.74, 6) is -0.230. The number of aromatic nitrogens is 1. The summed E-state index contributed by atoms with van der Waals surface area (Å²) in [7, 11) is 0. The molecule has 2 aliphatic heterocycles. The standard InChI is InChI=1S/C23H22F3N5O3S/c1-14(23(24,25)26)29-33-12-21(32)31-8-6-15(7-9-31)22-28-19(13-35-22)18-10-20(34-30-18)17-5-3-2-4-16(17)11-27/h2-5,10,13,15,20,29-30H,1,6-9,12H2. The van der Waals surface area contributed by atoms with Crippen LogP contribution in [0, 0.1) is 11.3 Å². The van der Waals surface area contributed by atoms with E-state index in [1.165, 1.54) is 11.3 Å². The number of allylic oxidation sites excluding steroid dienone is 1. The maximum Gasteiger partial charge on any atom is 0.432 e. The van der Waals surface area contributed by atoms with Crippen LogP contribution in [0.4, 0.5) is 13.2 Å². The van der Waals surface area contributed by atoms with Gasteiger partial charge in [0.25, 0.3) is 5.91 Å². The Kier molecular flexibility index (Phi) is 7.39. The van der Waals surface area contributed by atoms with Gasteiger partial charge in [-0.3, -0.25) is 25.4 Å². The molecule has 12 heteroatoms. The average molecular weight is 506 g/mol. The van der Waals surface area contributed by atoms with Gasteiger partial charge in [0.2, 0.25) is 0 Å². The van der Waals surface area contributed by atoms with Crippen LogP contribution in [0.15, 0.2) is 48.0 Å². The van der Waals surface area contributed by atoms with Gasteiger partial charge in [-0.15, -0.1) is 11.3 Å². The summed E-state index contributed by atoms with van der Waals surface area (Å²) in [5.41, 5.74) is 6.08. The third-order valence-corrected chi connectivity index (χ3v) is 6.74. The predicted molar refractivity (Wildman–Crippen MR) is 121 cm³/mol. The van der Waals surface area contributed by atoms with Crippen LogP contribution in [0.5, 0.6) is 0 Å². The van der Waals surface area contributed by atoms with Crippen molar-refractivity contribution in [2.45, 2.75) is 31.0 Å². The minimum atomic E-state index is -4.63. The first-order chi connectivity index (χ1) is 16.8. The van der Waals surface area contributed by atoms with Crippen molar-refractivity contribution in [1.82, 2.24) is 20.8 Å². The third kappa shape index (κ3) is 5.82. The number of carbonyl (C=O) groups is 1. The molecule has 2 aliphatic rings. The molecule has 184 valence electrons. The van der Waals surface area contributed by atoms with Crippen molar-refractivity contribution in [3.8, 4) is 6.07 Å². The maximum absolute atomic E-state index is 12.4. The molecular weight excluding hydrogens is 483 g/mol. The molecule has 8 nitrogen and oxygen atoms in total. The molecule has 3 heterocycles. The quantitative estimate of drug-likeness (QED) is 0.550. The zero-order valence-electron chi connectivity index (χ0n) is 18.5. The summed E-state index contributed by atoms with van der Waals surface area (Å²) >= 11 is 1.52. The van der Waals surface area contributed by atoms with Crippen LogP contribution < -0.4 is 11.0 Å². The first-order valence-corrected chi connectivity index (χ1v) is 11.6. The van der Waals surface area contributed by atoms with Crippen LogP contribution in [-0.4, -0.2) is 41.7 Å². The van der Waals surface area contributed by atoms with Gasteiger partial charge in [0.05, 0.1) is 28.0 Å². The molecule has 0 bridgehead atoms. The summed E-state index contributed by atoms with van der Waals surface area (Å²) in [6.45, 7) is 3.21. The molecule has 35 heavy (non-hydrogen) atoms. The smallest absolute Gasteiger partial charge is 0.341 e. The lowest BCUT2D eigenvalue weighted by Gasteiger charge is -2.31. The highest BCUT2D eigenvalue weighted by Gasteiger charge is 2.33. The summed E-state index contributed by atoms with van der Waals surface area (Å²) in [6.07, 6.45) is -1.78. The second kappa shape index (κ2) is 10.5. The van der Waals surface area contributed by atoms with E-state index >= 15 is 0 Å². The Morgan fingerprint density at radius 3 is 2.83 bits per heavy atom. The number of nitriles is 1. The normalized spacial score (nSPS) is 18.5. The van der Waals surface area contributed by atoms with E-state index in [9.17, 15) is 23.2 Å². The molecule has 1 aromatic carbocycles. The number of thiazole rings is 1. The molecule has 1 amide bonds. The number of hydrogen-bond donors (Lipinski definition) is 2. The molecule has 1 unspecified atom stereocenters. The van der Waals surface area contributed by atoms with Crippen LogP contribution in [0.3, 0.4) is 0 Å². The third-order valence-electron chi connectivity index (χ3n) is 5.73. The van der Waals surface area contributed by atoms with Gasteiger partial charge in [0.1, 0.15) is 11.8 Å². The lowest BCUT2D eigenvalue weighted by Crippen LogP contribution is -2.41. The van der Waals surface area contributed by atoms with E-state index in [-0.39, 0.29) is 5.92 Å². The Morgan fingerprint density at radius 1 is 1.37 bits per heavy atom. The summed E-state index contributed by atoms with van der Waals surface area (Å²) in [5, 5.41) is 12.2. The molecule has 0 saturated carbocycles. The topological polar surface area (TPSA) is 99.5 Å². The molecule has 1 atom stereocenters. The van der Waals surface area contributed by atoms with Crippen molar-refractivity contribution >= 4 is 22.9 Å². The molecule has 2 N–H and O–H groups in total. The van der Waals surface area contributed by atoms with Crippen molar-refractivity contribution in [2.75, 3.05) is 19.7 Å². The monoisotopic (exact) mass is 505 g/mol. The van der Waals surface area contributed by atoms with E-state index in [0.717, 1.165) is 22.0 Å². The molecule has 0 aliphatic carbocycles. The summed E-state index contributed by atoms with van der Waals surface area (Å²) in [6, 6.07) is 9.41. The number of rotatable bonds is 7. The van der Waals surface area contributed by atoms with Crippen molar-refractivity contribution in [2.24, 2.45) is 0 Å². The van der Waals surface area contributed by atoms with Crippen LogP contribution in [0.1, 0.15) is 46.7 Å². The lowest BCUT2D eigenvalue weighted by atomic mass is 9.97. The number of carbonyl (C=O) groups excluding carboxylic acids is 1. The van der Waals surface area contributed by atoms with E-state index in [4.69, 9.17) is 9.82 Å². The zero-order chi connectivity index (χ0) is 25.0. The number of nitrogens with zero attached hydrogens (tertiary/aromatic N) is 3. The summed E-state index contributed by atoms with van der Waals surface area (Å²) < 4.78 is 37.2. The Balaban J connectivity index is 1.29. The molecule has 2 aromatic rings. The molecule has 1 fully saturated rings. The number of hydroxylamine groups is 2. The maximum atomic E-state index is 12.4. The fourth-order valence-corrected chi connectivity index (χ4v) is 4.78. The molecule has 1 saturated heterocycles. The van der Waals surface area contributed by atoms with Crippen LogP contribution >= 0.6 is 11.3 Å². The minimum Gasteiger partial charge on any atom is -0.341 e. The SMILES string of the molecule is C=C(NOCC(=O)N1CCC(c2nc(C3=CC(c4ccccc4C#N)ON3)cs2)CC1)C(F)(F)F. The number of benzene rings is 1. The fraction of sp³-hybridized carbons (Fsp3) is 0.348. The van der Waals surface area contributed by atoms with Gasteiger partial charge in [-0.05, 0) is 25.0 Å². The highest BCUT2D eigenvalue weighted by Crippen LogP contribution is 2.34. The second-order valence-corrected chi connectivity index (χ2v) is 8.90. The Hall–Kier alpha value is -3.40. The van der Waals surface area contributed by atoms with Crippen LogP contribution in [0.2, 0.25) is 0 Å². The van der Waals surface area contributed by atoms with Crippen molar-refractivity contribution in [1.29, 1.82) is 5.26 Å². The van der Waals surface area contributed by atoms with Gasteiger partial charge >= 0.3 is 6.18 Å². The van der Waals surface area contributed by atoms with Gasteiger partial charge in [-0.2, -0.15) is 18.4 Å². The van der Waals surface area contributed by atoms with Crippen molar-refractivity contribution in [3.63, 3.8) is 0 Å². The number of amides is 1. The molecular formula is C23H22F3N5O3S. The molecule has 4 rings (SSSR count). The fourth-order valence-electron chi connectivity index (χ4n) is 3.79. The Morgan fingerprint density at radius 2 is 2.11 bits per heavy atom. The van der Waals surface area contributed by atoms with Crippen molar-refractivity contribution in [3.05, 3.63) is 69.8 Å². The first kappa shape index (κ1) is 24.7. The Bertz CT molecular complexity index is 1170. The highest BCUT2D eigenvalue weighted by molar-refractivity contribution is 7.09. The number of alkyl halides is 3. The van der Waals surface area contributed by atoms with E-state index < -0.39 is 30.5 Å². The summed E-state index contributed by atoms with van der Waals surface area (Å²) in [4.78, 5) is 28.8. The van der Waals surface area contributed by atoms with Gasteiger partial charge in [0.15, 0.2) is 6.61 Å². The van der Waals surface area contributed by atoms with Gasteiger partial charge in [-0.1, -0.05) is 24.8 Å². The van der Waals surface area contributed by atoms with E-state index in [2.05, 4.69) is 23.0 Å². The second-order valence-electron chi connectivity index (χ2n) is 8.01. The van der Waals surface area contributed by atoms with E-state index in [1.807, 2.05) is 23.6 Å². The lowest BCUT2D eigenvalue weighted by molar-refractivity contribution is -0.144. The number of piperidine rings is 1. The number of halogens is 3. The van der Waals surface area contributed by atoms with E-state index in [0.29, 0.717) is 31.5 Å². The molecule has 0 spiro atoms. The first-order valence-electron chi connectivity index (χ1n) is 10.8. The predicted octanol–water partition coefficient (Wildman–Crippen LogP) is 3.93. The number of nitrogens with one attached hydrogen (secondary N) is 2. The highest BCUT2D eigenvalue weighted by atomic mass is 32.1. The average Bonchev–Trinajstić information content (AvgIpc) is 3.53. The van der Waals surface area contributed by atoms with E-state index in [1.54, 1.807) is 22.5 Å². The van der Waals surface area contributed by atoms with Crippen LogP contribution in [-0.2, 0) is 14.5 Å². The largest absolute Gasteiger partial charge is 0.432 e. The zero-order valence-corrected chi connectivity index (χ0v) is 19.3. The molecule has 0 radical (unpaired) electrons. The van der Waals surface area contributed by atoms with Crippen LogP contribution in [0.25, 0.3) is 5.70 Å². The van der Waals surface area contributed by atoms with Gasteiger partial charge in [-0.25, -0.2) is 4.98 Å². The number of likely N-dealkylation sites (tertiary alicyclic amines) is 1. The van der Waals surface area contributed by atoms with Gasteiger partial charge < -0.3 is 4.90 Å². The minimum absolute atomic E-state index is 0.167.